The quantitative estimate of drug-likeness (QED) is 0.788. The first-order chi connectivity index (χ1) is 7.70. The first-order valence-electron chi connectivity index (χ1n) is 5.32. The second-order valence-electron chi connectivity index (χ2n) is 3.91. The van der Waals surface area contributed by atoms with E-state index in [0.29, 0.717) is 5.88 Å². The molecule has 3 heteroatoms. The van der Waals surface area contributed by atoms with E-state index in [1.54, 1.807) is 7.11 Å². The molecule has 2 aromatic rings. The molecule has 2 aromatic heterocycles. The van der Waals surface area contributed by atoms with Crippen molar-refractivity contribution in [1.29, 1.82) is 0 Å². The van der Waals surface area contributed by atoms with Crippen LogP contribution in [0, 0.1) is 13.8 Å². The molecule has 0 aliphatic heterocycles. The fourth-order valence-electron chi connectivity index (χ4n) is 1.76. The normalized spacial score (nSPS) is 10.4. The minimum atomic E-state index is 0.657. The van der Waals surface area contributed by atoms with Gasteiger partial charge in [-0.25, -0.2) is 4.98 Å². The van der Waals surface area contributed by atoms with Crippen molar-refractivity contribution in [1.82, 2.24) is 9.55 Å². The van der Waals surface area contributed by atoms with Gasteiger partial charge in [-0.1, -0.05) is 6.07 Å². The van der Waals surface area contributed by atoms with Crippen molar-refractivity contribution in [2.45, 2.75) is 20.4 Å². The second-order valence-corrected chi connectivity index (χ2v) is 3.91. The Morgan fingerprint density at radius 3 is 2.31 bits per heavy atom. The van der Waals surface area contributed by atoms with Crippen LogP contribution >= 0.6 is 0 Å². The zero-order valence-electron chi connectivity index (χ0n) is 9.90. The maximum atomic E-state index is 5.03. The van der Waals surface area contributed by atoms with Gasteiger partial charge in [-0.15, -0.1) is 0 Å². The molecule has 16 heavy (non-hydrogen) atoms. The summed E-state index contributed by atoms with van der Waals surface area (Å²) in [7, 11) is 1.63. The molecule has 0 radical (unpaired) electrons. The van der Waals surface area contributed by atoms with Crippen molar-refractivity contribution in [3.8, 4) is 5.88 Å². The Morgan fingerprint density at radius 2 is 1.81 bits per heavy atom. The van der Waals surface area contributed by atoms with Crippen molar-refractivity contribution >= 4 is 0 Å². The molecule has 2 heterocycles. The average Bonchev–Trinajstić information content (AvgIpc) is 2.62. The fourth-order valence-corrected chi connectivity index (χ4v) is 1.76. The third kappa shape index (κ3) is 2.08. The molecule has 0 unspecified atom stereocenters. The number of hydrogen-bond acceptors (Lipinski definition) is 2. The number of ether oxygens (including phenoxy) is 1. The summed E-state index contributed by atoms with van der Waals surface area (Å²) in [5.41, 5.74) is 3.73. The van der Waals surface area contributed by atoms with Gasteiger partial charge >= 0.3 is 0 Å². The number of nitrogens with zero attached hydrogens (tertiary/aromatic N) is 2. The molecule has 0 saturated heterocycles. The number of aromatic nitrogens is 2. The van der Waals surface area contributed by atoms with Gasteiger partial charge in [0.25, 0.3) is 0 Å². The Bertz CT molecular complexity index is 452. The van der Waals surface area contributed by atoms with Gasteiger partial charge in [0, 0.05) is 30.2 Å². The van der Waals surface area contributed by atoms with E-state index in [2.05, 4.69) is 35.5 Å². The minimum absolute atomic E-state index is 0.657. The summed E-state index contributed by atoms with van der Waals surface area (Å²) in [6.45, 7) is 5.09. The van der Waals surface area contributed by atoms with Crippen LogP contribution in [-0.2, 0) is 6.54 Å². The highest BCUT2D eigenvalue weighted by Gasteiger charge is 2.02. The lowest BCUT2D eigenvalue weighted by atomic mass is 10.2. The number of aryl methyl sites for hydroxylation is 2. The number of pyridine rings is 1. The average molecular weight is 216 g/mol. The van der Waals surface area contributed by atoms with Crippen LogP contribution in [0.4, 0.5) is 0 Å². The largest absolute Gasteiger partial charge is 0.481 e. The lowest BCUT2D eigenvalue weighted by Crippen LogP contribution is -2.03. The molecule has 84 valence electrons. The highest BCUT2D eigenvalue weighted by molar-refractivity contribution is 5.21. The zero-order valence-corrected chi connectivity index (χ0v) is 9.90. The Kier molecular flexibility index (Phi) is 2.95. The predicted octanol–water partition coefficient (Wildman–Crippen LogP) is 2.56. The summed E-state index contributed by atoms with van der Waals surface area (Å²) in [5, 5.41) is 0. The Balaban J connectivity index is 2.20. The van der Waals surface area contributed by atoms with Crippen LogP contribution in [0.25, 0.3) is 0 Å². The van der Waals surface area contributed by atoms with E-state index >= 15 is 0 Å². The number of hydrogen-bond donors (Lipinski definition) is 0. The van der Waals surface area contributed by atoms with Gasteiger partial charge in [0.1, 0.15) is 0 Å². The van der Waals surface area contributed by atoms with E-state index < -0.39 is 0 Å². The maximum Gasteiger partial charge on any atom is 0.212 e. The van der Waals surface area contributed by atoms with E-state index in [0.717, 1.165) is 6.54 Å². The Morgan fingerprint density at radius 1 is 1.12 bits per heavy atom. The summed E-state index contributed by atoms with van der Waals surface area (Å²) in [6, 6.07) is 8.20. The van der Waals surface area contributed by atoms with Crippen LogP contribution in [-0.4, -0.2) is 16.7 Å². The van der Waals surface area contributed by atoms with Gasteiger partial charge in [-0.05, 0) is 31.5 Å². The third-order valence-corrected chi connectivity index (χ3v) is 2.76. The van der Waals surface area contributed by atoms with Crippen LogP contribution in [0.2, 0.25) is 0 Å². The molecule has 0 aromatic carbocycles. The van der Waals surface area contributed by atoms with Gasteiger partial charge in [0.15, 0.2) is 0 Å². The summed E-state index contributed by atoms with van der Waals surface area (Å²) in [5.74, 6) is 0.657. The van der Waals surface area contributed by atoms with E-state index in [-0.39, 0.29) is 0 Å². The van der Waals surface area contributed by atoms with Crippen molar-refractivity contribution in [3.05, 3.63) is 47.4 Å². The van der Waals surface area contributed by atoms with Crippen LogP contribution in [0.3, 0.4) is 0 Å². The molecule has 0 N–H and O–H groups in total. The molecule has 0 aliphatic rings. The molecule has 0 saturated carbocycles. The molecule has 0 aliphatic carbocycles. The maximum absolute atomic E-state index is 5.03. The summed E-state index contributed by atoms with van der Waals surface area (Å²) < 4.78 is 7.30. The summed E-state index contributed by atoms with van der Waals surface area (Å²) >= 11 is 0. The smallest absolute Gasteiger partial charge is 0.212 e. The number of rotatable bonds is 3. The van der Waals surface area contributed by atoms with Crippen molar-refractivity contribution < 1.29 is 4.74 Å². The Hall–Kier alpha value is -1.77. The van der Waals surface area contributed by atoms with Crippen LogP contribution in [0.1, 0.15) is 17.0 Å². The number of methoxy groups -OCH3 is 1. The second kappa shape index (κ2) is 4.39. The topological polar surface area (TPSA) is 27.1 Å². The zero-order chi connectivity index (χ0) is 11.5. The van der Waals surface area contributed by atoms with Crippen LogP contribution in [0.15, 0.2) is 30.5 Å². The third-order valence-electron chi connectivity index (χ3n) is 2.76. The minimum Gasteiger partial charge on any atom is -0.481 e. The van der Waals surface area contributed by atoms with Gasteiger partial charge in [-0.2, -0.15) is 0 Å². The highest BCUT2D eigenvalue weighted by atomic mass is 16.5. The highest BCUT2D eigenvalue weighted by Crippen LogP contribution is 2.12. The summed E-state index contributed by atoms with van der Waals surface area (Å²) in [4.78, 5) is 4.20. The fraction of sp³-hybridized carbons (Fsp3) is 0.308. The van der Waals surface area contributed by atoms with Gasteiger partial charge < -0.3 is 9.30 Å². The lowest BCUT2D eigenvalue weighted by molar-refractivity contribution is 0.397. The molecule has 0 spiro atoms. The summed E-state index contributed by atoms with van der Waals surface area (Å²) in [6.07, 6.45) is 1.86. The SMILES string of the molecule is COc1ccc(Cn2c(C)ccc2C)cn1. The van der Waals surface area contributed by atoms with E-state index in [9.17, 15) is 0 Å². The molecule has 0 fully saturated rings. The van der Waals surface area contributed by atoms with E-state index in [1.165, 1.54) is 17.0 Å². The van der Waals surface area contributed by atoms with Crippen molar-refractivity contribution in [2.24, 2.45) is 0 Å². The first-order valence-corrected chi connectivity index (χ1v) is 5.32. The first kappa shape index (κ1) is 10.7. The lowest BCUT2D eigenvalue weighted by Gasteiger charge is -2.09. The molecule has 3 nitrogen and oxygen atoms in total. The van der Waals surface area contributed by atoms with E-state index in [1.807, 2.05) is 18.3 Å². The molecule has 2 rings (SSSR count). The van der Waals surface area contributed by atoms with Gasteiger partial charge in [-0.3, -0.25) is 0 Å². The van der Waals surface area contributed by atoms with Gasteiger partial charge in [0.05, 0.1) is 7.11 Å². The Labute approximate surface area is 95.7 Å². The molecule has 0 atom stereocenters. The van der Waals surface area contributed by atoms with E-state index in [4.69, 9.17) is 4.74 Å². The van der Waals surface area contributed by atoms with Crippen molar-refractivity contribution in [3.63, 3.8) is 0 Å². The molecule has 0 amide bonds. The van der Waals surface area contributed by atoms with Crippen LogP contribution < -0.4 is 4.74 Å². The standard InChI is InChI=1S/C13H16N2O/c1-10-4-5-11(2)15(10)9-12-6-7-13(16-3)14-8-12/h4-8H,9H2,1-3H3. The predicted molar refractivity (Wildman–Crippen MR) is 63.8 cm³/mol. The van der Waals surface area contributed by atoms with Gasteiger partial charge in [0.2, 0.25) is 5.88 Å². The monoisotopic (exact) mass is 216 g/mol. The molecular formula is C13H16N2O. The molecule has 0 bridgehead atoms. The molecular weight excluding hydrogens is 200 g/mol. The van der Waals surface area contributed by atoms with Crippen molar-refractivity contribution in [2.75, 3.05) is 7.11 Å². The van der Waals surface area contributed by atoms with Crippen LogP contribution in [0.5, 0.6) is 5.88 Å².